The smallest absolute Gasteiger partial charge is 0.119 e. The van der Waals surface area contributed by atoms with Crippen molar-refractivity contribution in [1.29, 1.82) is 0 Å². The lowest BCUT2D eigenvalue weighted by Crippen LogP contribution is -2.30. The lowest BCUT2D eigenvalue weighted by molar-refractivity contribution is 0.182. The second-order valence-corrected chi connectivity index (χ2v) is 4.36. The van der Waals surface area contributed by atoms with Gasteiger partial charge >= 0.3 is 0 Å². The van der Waals surface area contributed by atoms with Crippen LogP contribution < -0.4 is 10.5 Å². The average molecular weight is 222 g/mol. The Balaban J connectivity index is 1.85. The van der Waals surface area contributed by atoms with Gasteiger partial charge in [0.05, 0.1) is 6.10 Å². The topological polar surface area (TPSA) is 58.7 Å². The quantitative estimate of drug-likeness (QED) is 0.740. The Morgan fingerprint density at radius 3 is 2.69 bits per heavy atom. The molecule has 4 heteroatoms. The van der Waals surface area contributed by atoms with Gasteiger partial charge < -0.3 is 15.6 Å². The van der Waals surface area contributed by atoms with Crippen molar-refractivity contribution in [2.24, 2.45) is 0 Å². The number of ether oxygens (including phenoxy) is 1. The molecule has 1 saturated heterocycles. The third kappa shape index (κ3) is 2.65. The maximum atomic E-state index is 9.49. The summed E-state index contributed by atoms with van der Waals surface area (Å²) in [6, 6.07) is 7.67. The Labute approximate surface area is 95.6 Å². The van der Waals surface area contributed by atoms with Crippen molar-refractivity contribution in [3.05, 3.63) is 24.3 Å². The van der Waals surface area contributed by atoms with Crippen LogP contribution in [0.5, 0.6) is 5.75 Å². The monoisotopic (exact) mass is 222 g/mol. The van der Waals surface area contributed by atoms with E-state index in [1.165, 1.54) is 0 Å². The van der Waals surface area contributed by atoms with Gasteiger partial charge in [-0.1, -0.05) is 0 Å². The predicted octanol–water partition coefficient (Wildman–Crippen LogP) is 0.713. The number of nitrogens with zero attached hydrogens (tertiary/aromatic N) is 1. The molecule has 1 aliphatic rings. The predicted molar refractivity (Wildman–Crippen MR) is 63.4 cm³/mol. The number of hydrogen-bond donors (Lipinski definition) is 2. The highest BCUT2D eigenvalue weighted by Gasteiger charge is 2.28. The van der Waals surface area contributed by atoms with Gasteiger partial charge in [0.1, 0.15) is 12.4 Å². The average Bonchev–Trinajstić information content (AvgIpc) is 2.57. The number of likely N-dealkylation sites (tertiary alicyclic amines) is 1. The molecule has 0 bridgehead atoms. The van der Waals surface area contributed by atoms with Gasteiger partial charge in [-0.2, -0.15) is 0 Å². The second-order valence-electron chi connectivity index (χ2n) is 4.36. The van der Waals surface area contributed by atoms with E-state index in [1.54, 1.807) is 0 Å². The molecule has 4 nitrogen and oxygen atoms in total. The number of rotatable bonds is 3. The van der Waals surface area contributed by atoms with Crippen LogP contribution in [0.25, 0.3) is 0 Å². The molecule has 1 aromatic carbocycles. The molecule has 0 aliphatic carbocycles. The van der Waals surface area contributed by atoms with Crippen LogP contribution in [0, 0.1) is 0 Å². The number of aliphatic hydroxyl groups is 1. The Kier molecular flexibility index (Phi) is 3.31. The van der Waals surface area contributed by atoms with Gasteiger partial charge in [-0.25, -0.2) is 0 Å². The molecular formula is C12H18N2O2. The van der Waals surface area contributed by atoms with Gasteiger partial charge in [0.25, 0.3) is 0 Å². The van der Waals surface area contributed by atoms with E-state index in [0.717, 1.165) is 24.4 Å². The number of nitrogen functional groups attached to an aromatic ring is 1. The van der Waals surface area contributed by atoms with Crippen LogP contribution in [0.15, 0.2) is 24.3 Å². The van der Waals surface area contributed by atoms with Crippen LogP contribution in [0.1, 0.15) is 6.42 Å². The molecule has 0 aromatic heterocycles. The summed E-state index contributed by atoms with van der Waals surface area (Å²) >= 11 is 0. The molecule has 1 unspecified atom stereocenters. The first kappa shape index (κ1) is 11.2. The maximum absolute atomic E-state index is 9.49. The van der Waals surface area contributed by atoms with Crippen LogP contribution in [-0.2, 0) is 0 Å². The number of likely N-dealkylation sites (N-methyl/N-ethyl adjacent to an activating group) is 1. The van der Waals surface area contributed by atoms with E-state index in [-0.39, 0.29) is 6.10 Å². The summed E-state index contributed by atoms with van der Waals surface area (Å²) in [6.45, 7) is 1.34. The molecule has 1 fully saturated rings. The first-order valence-corrected chi connectivity index (χ1v) is 5.52. The molecule has 1 aromatic rings. The molecule has 16 heavy (non-hydrogen) atoms. The Morgan fingerprint density at radius 1 is 1.44 bits per heavy atom. The molecule has 0 saturated carbocycles. The van der Waals surface area contributed by atoms with Crippen molar-refractivity contribution in [1.82, 2.24) is 4.90 Å². The van der Waals surface area contributed by atoms with E-state index in [0.29, 0.717) is 12.6 Å². The molecule has 2 rings (SSSR count). The fraction of sp³-hybridized carbons (Fsp3) is 0.500. The van der Waals surface area contributed by atoms with E-state index < -0.39 is 0 Å². The maximum Gasteiger partial charge on any atom is 0.119 e. The Hall–Kier alpha value is -1.26. The molecular weight excluding hydrogens is 204 g/mol. The van der Waals surface area contributed by atoms with Crippen LogP contribution in [-0.4, -0.2) is 42.4 Å². The molecule has 1 aliphatic heterocycles. The third-order valence-corrected chi connectivity index (χ3v) is 2.99. The summed E-state index contributed by atoms with van der Waals surface area (Å²) < 4.78 is 5.66. The highest BCUT2D eigenvalue weighted by Crippen LogP contribution is 2.18. The van der Waals surface area contributed by atoms with Crippen molar-refractivity contribution in [2.45, 2.75) is 18.6 Å². The summed E-state index contributed by atoms with van der Waals surface area (Å²) in [5.41, 5.74) is 6.33. The molecule has 88 valence electrons. The Morgan fingerprint density at radius 2 is 2.12 bits per heavy atom. The van der Waals surface area contributed by atoms with Crippen molar-refractivity contribution in [3.63, 3.8) is 0 Å². The number of anilines is 1. The van der Waals surface area contributed by atoms with E-state index >= 15 is 0 Å². The lowest BCUT2D eigenvalue weighted by Gasteiger charge is -2.19. The van der Waals surface area contributed by atoms with Gasteiger partial charge in [0, 0.05) is 18.3 Å². The zero-order valence-corrected chi connectivity index (χ0v) is 9.47. The number of nitrogens with two attached hydrogens (primary N) is 1. The SMILES string of the molecule is CN1C[C@@H](O)CC1COc1ccc(N)cc1. The van der Waals surface area contributed by atoms with Gasteiger partial charge in [0.2, 0.25) is 0 Å². The number of benzene rings is 1. The van der Waals surface area contributed by atoms with Crippen LogP contribution in [0.3, 0.4) is 0 Å². The van der Waals surface area contributed by atoms with Gasteiger partial charge in [-0.15, -0.1) is 0 Å². The third-order valence-electron chi connectivity index (χ3n) is 2.99. The van der Waals surface area contributed by atoms with Crippen molar-refractivity contribution >= 4 is 5.69 Å². The lowest BCUT2D eigenvalue weighted by atomic mass is 10.2. The fourth-order valence-corrected chi connectivity index (χ4v) is 2.00. The minimum Gasteiger partial charge on any atom is -0.492 e. The summed E-state index contributed by atoms with van der Waals surface area (Å²) in [7, 11) is 2.01. The van der Waals surface area contributed by atoms with Gasteiger partial charge in [-0.3, -0.25) is 4.90 Å². The van der Waals surface area contributed by atoms with E-state index in [4.69, 9.17) is 10.5 Å². The van der Waals surface area contributed by atoms with E-state index in [2.05, 4.69) is 4.90 Å². The van der Waals surface area contributed by atoms with Crippen LogP contribution >= 0.6 is 0 Å². The van der Waals surface area contributed by atoms with E-state index in [1.807, 2.05) is 31.3 Å². The molecule has 1 heterocycles. The zero-order valence-electron chi connectivity index (χ0n) is 9.47. The van der Waals surface area contributed by atoms with E-state index in [9.17, 15) is 5.11 Å². The Bertz CT molecular complexity index is 339. The summed E-state index contributed by atoms with van der Waals surface area (Å²) in [5.74, 6) is 0.823. The first-order valence-electron chi connectivity index (χ1n) is 5.52. The van der Waals surface area contributed by atoms with Gasteiger partial charge in [-0.05, 0) is 37.7 Å². The first-order chi connectivity index (χ1) is 7.65. The molecule has 0 spiro atoms. The molecule has 2 atom stereocenters. The molecule has 0 amide bonds. The largest absolute Gasteiger partial charge is 0.492 e. The standard InChI is InChI=1S/C12H18N2O2/c1-14-7-11(15)6-10(14)8-16-12-4-2-9(13)3-5-12/h2-5,10-11,15H,6-8,13H2,1H3/t10?,11-/m0/s1. The summed E-state index contributed by atoms with van der Waals surface area (Å²) in [4.78, 5) is 2.13. The van der Waals surface area contributed by atoms with Gasteiger partial charge in [0.15, 0.2) is 0 Å². The molecule has 0 radical (unpaired) electrons. The summed E-state index contributed by atoms with van der Waals surface area (Å²) in [6.07, 6.45) is 0.566. The number of β-amino-alcohol motifs (C(OH)–C–C–N with tert-alkyl or cyclic N) is 1. The number of aliphatic hydroxyl groups excluding tert-OH is 1. The number of hydrogen-bond acceptors (Lipinski definition) is 4. The second kappa shape index (κ2) is 4.72. The summed E-state index contributed by atoms with van der Waals surface area (Å²) in [5, 5.41) is 9.49. The van der Waals surface area contributed by atoms with Crippen molar-refractivity contribution in [3.8, 4) is 5.75 Å². The normalized spacial score (nSPS) is 25.9. The molecule has 3 N–H and O–H groups in total. The fourth-order valence-electron chi connectivity index (χ4n) is 2.00. The highest BCUT2D eigenvalue weighted by molar-refractivity contribution is 5.41. The van der Waals surface area contributed by atoms with Crippen LogP contribution in [0.2, 0.25) is 0 Å². The van der Waals surface area contributed by atoms with Crippen molar-refractivity contribution < 1.29 is 9.84 Å². The van der Waals surface area contributed by atoms with Crippen LogP contribution in [0.4, 0.5) is 5.69 Å². The minimum atomic E-state index is -0.218. The van der Waals surface area contributed by atoms with Crippen molar-refractivity contribution in [2.75, 3.05) is 25.9 Å². The highest BCUT2D eigenvalue weighted by atomic mass is 16.5. The zero-order chi connectivity index (χ0) is 11.5. The minimum absolute atomic E-state index is 0.218.